The van der Waals surface area contributed by atoms with Gasteiger partial charge in [0.05, 0.1) is 11.7 Å². The monoisotopic (exact) mass is 220 g/mol. The second-order valence-corrected chi connectivity index (χ2v) is 5.22. The van der Waals surface area contributed by atoms with Crippen LogP contribution in [0.4, 0.5) is 5.82 Å². The Balaban J connectivity index is 1.93. The molecule has 0 spiro atoms. The lowest BCUT2D eigenvalue weighted by Gasteiger charge is -2.23. The van der Waals surface area contributed by atoms with Gasteiger partial charge in [0.25, 0.3) is 0 Å². The highest BCUT2D eigenvalue weighted by molar-refractivity contribution is 5.44. The lowest BCUT2D eigenvalue weighted by atomic mass is 9.95. The van der Waals surface area contributed by atoms with Gasteiger partial charge >= 0.3 is 0 Å². The molecule has 1 aromatic rings. The molecule has 2 N–H and O–H groups in total. The number of rotatable bonds is 1. The van der Waals surface area contributed by atoms with Gasteiger partial charge < -0.3 is 5.73 Å². The largest absolute Gasteiger partial charge is 0.382 e. The molecule has 3 rings (SSSR count). The number of nitrogen functional groups attached to an aromatic ring is 1. The molecule has 0 unspecified atom stereocenters. The number of fused-ring (bicyclic) bond motifs is 1. The molecule has 0 amide bonds. The SMILES string of the molecule is CN1Cc2c(N)nn(C3CCCCC3)c2C1. The second kappa shape index (κ2) is 3.77. The Bertz CT molecular complexity index is 390. The zero-order valence-corrected chi connectivity index (χ0v) is 9.95. The van der Waals surface area contributed by atoms with Crippen LogP contribution in [0.3, 0.4) is 0 Å². The quantitative estimate of drug-likeness (QED) is 0.786. The summed E-state index contributed by atoms with van der Waals surface area (Å²) < 4.78 is 2.23. The number of nitrogens with two attached hydrogens (primary N) is 1. The Morgan fingerprint density at radius 3 is 2.69 bits per heavy atom. The van der Waals surface area contributed by atoms with Crippen LogP contribution in [-0.4, -0.2) is 21.7 Å². The van der Waals surface area contributed by atoms with Gasteiger partial charge in [0, 0.05) is 18.7 Å². The number of hydrogen-bond donors (Lipinski definition) is 1. The Kier molecular flexibility index (Phi) is 2.39. The molecule has 88 valence electrons. The minimum Gasteiger partial charge on any atom is -0.382 e. The van der Waals surface area contributed by atoms with Crippen molar-refractivity contribution in [2.45, 2.75) is 51.2 Å². The zero-order chi connectivity index (χ0) is 11.1. The van der Waals surface area contributed by atoms with Crippen molar-refractivity contribution in [3.05, 3.63) is 11.3 Å². The van der Waals surface area contributed by atoms with Gasteiger partial charge in [0.2, 0.25) is 0 Å². The van der Waals surface area contributed by atoms with Crippen LogP contribution in [0.25, 0.3) is 0 Å². The fourth-order valence-corrected chi connectivity index (χ4v) is 3.07. The summed E-state index contributed by atoms with van der Waals surface area (Å²) in [5.74, 6) is 0.755. The number of hydrogen-bond acceptors (Lipinski definition) is 3. The third kappa shape index (κ3) is 1.52. The predicted octanol–water partition coefficient (Wildman–Crippen LogP) is 1.92. The Hall–Kier alpha value is -1.03. The summed E-state index contributed by atoms with van der Waals surface area (Å²) in [6.45, 7) is 1.98. The van der Waals surface area contributed by atoms with Crippen molar-refractivity contribution in [3.8, 4) is 0 Å². The molecule has 0 bridgehead atoms. The molecule has 0 saturated heterocycles. The molecule has 1 aromatic heterocycles. The van der Waals surface area contributed by atoms with E-state index in [4.69, 9.17) is 5.73 Å². The summed E-state index contributed by atoms with van der Waals surface area (Å²) in [6, 6.07) is 0.603. The molecule has 1 fully saturated rings. The molecule has 2 heterocycles. The highest BCUT2D eigenvalue weighted by atomic mass is 15.4. The van der Waals surface area contributed by atoms with Crippen molar-refractivity contribution >= 4 is 5.82 Å². The van der Waals surface area contributed by atoms with E-state index in [1.54, 1.807) is 0 Å². The first-order valence-corrected chi connectivity index (χ1v) is 6.30. The molecule has 0 aromatic carbocycles. The Morgan fingerprint density at radius 2 is 1.94 bits per heavy atom. The van der Waals surface area contributed by atoms with Crippen LogP contribution in [-0.2, 0) is 13.1 Å². The van der Waals surface area contributed by atoms with Crippen molar-refractivity contribution in [2.75, 3.05) is 12.8 Å². The van der Waals surface area contributed by atoms with Crippen LogP contribution in [0, 0.1) is 0 Å². The molecule has 16 heavy (non-hydrogen) atoms. The van der Waals surface area contributed by atoms with Gasteiger partial charge in [-0.15, -0.1) is 0 Å². The van der Waals surface area contributed by atoms with Crippen LogP contribution in [0.5, 0.6) is 0 Å². The minimum atomic E-state index is 0.603. The number of anilines is 1. The maximum absolute atomic E-state index is 6.00. The van der Waals surface area contributed by atoms with Gasteiger partial charge in [-0.25, -0.2) is 0 Å². The molecular weight excluding hydrogens is 200 g/mol. The molecule has 1 aliphatic heterocycles. The van der Waals surface area contributed by atoms with E-state index in [2.05, 4.69) is 21.7 Å². The molecule has 2 aliphatic rings. The van der Waals surface area contributed by atoms with Gasteiger partial charge in [-0.2, -0.15) is 5.10 Å². The lowest BCUT2D eigenvalue weighted by Crippen LogP contribution is -2.18. The Morgan fingerprint density at radius 1 is 1.19 bits per heavy atom. The third-order valence-electron chi connectivity index (χ3n) is 3.92. The first-order valence-electron chi connectivity index (χ1n) is 6.30. The summed E-state index contributed by atoms with van der Waals surface area (Å²) in [5, 5.41) is 4.56. The van der Waals surface area contributed by atoms with E-state index in [1.807, 2.05) is 0 Å². The average Bonchev–Trinajstić information content (AvgIpc) is 2.80. The van der Waals surface area contributed by atoms with E-state index in [0.29, 0.717) is 6.04 Å². The van der Waals surface area contributed by atoms with Crippen molar-refractivity contribution in [3.63, 3.8) is 0 Å². The fraction of sp³-hybridized carbons (Fsp3) is 0.750. The van der Waals surface area contributed by atoms with E-state index in [1.165, 1.54) is 43.4 Å². The molecule has 1 aliphatic carbocycles. The van der Waals surface area contributed by atoms with Crippen molar-refractivity contribution < 1.29 is 0 Å². The maximum atomic E-state index is 6.00. The fourth-order valence-electron chi connectivity index (χ4n) is 3.07. The second-order valence-electron chi connectivity index (χ2n) is 5.22. The first-order chi connectivity index (χ1) is 7.75. The van der Waals surface area contributed by atoms with Gasteiger partial charge in [0.1, 0.15) is 5.82 Å². The van der Waals surface area contributed by atoms with Gasteiger partial charge in [0.15, 0.2) is 0 Å². The zero-order valence-electron chi connectivity index (χ0n) is 9.95. The van der Waals surface area contributed by atoms with Crippen LogP contribution in [0.1, 0.15) is 49.4 Å². The van der Waals surface area contributed by atoms with Crippen LogP contribution in [0.15, 0.2) is 0 Å². The summed E-state index contributed by atoms with van der Waals surface area (Å²) in [5.41, 5.74) is 8.64. The lowest BCUT2D eigenvalue weighted by molar-refractivity contribution is 0.300. The van der Waals surface area contributed by atoms with Crippen molar-refractivity contribution in [1.82, 2.24) is 14.7 Å². The topological polar surface area (TPSA) is 47.1 Å². The number of nitrogens with zero attached hydrogens (tertiary/aromatic N) is 3. The smallest absolute Gasteiger partial charge is 0.150 e. The minimum absolute atomic E-state index is 0.603. The van der Waals surface area contributed by atoms with Crippen molar-refractivity contribution in [1.29, 1.82) is 0 Å². The summed E-state index contributed by atoms with van der Waals surface area (Å²) in [6.07, 6.45) is 6.62. The standard InChI is InChI=1S/C12H20N4/c1-15-7-10-11(8-15)16(14-12(10)13)9-5-3-2-4-6-9/h9H,2-8H2,1H3,(H2,13,14). The van der Waals surface area contributed by atoms with Gasteiger partial charge in [-0.05, 0) is 19.9 Å². The molecule has 1 saturated carbocycles. The number of aromatic nitrogens is 2. The third-order valence-corrected chi connectivity index (χ3v) is 3.92. The maximum Gasteiger partial charge on any atom is 0.150 e. The summed E-state index contributed by atoms with van der Waals surface area (Å²) in [4.78, 5) is 2.31. The van der Waals surface area contributed by atoms with Crippen LogP contribution in [0.2, 0.25) is 0 Å². The normalized spacial score (nSPS) is 22.6. The van der Waals surface area contributed by atoms with Crippen LogP contribution < -0.4 is 5.73 Å². The van der Waals surface area contributed by atoms with E-state index >= 15 is 0 Å². The van der Waals surface area contributed by atoms with E-state index in [-0.39, 0.29) is 0 Å². The van der Waals surface area contributed by atoms with Crippen LogP contribution >= 0.6 is 0 Å². The predicted molar refractivity (Wildman–Crippen MR) is 63.9 cm³/mol. The highest BCUT2D eigenvalue weighted by Gasteiger charge is 2.28. The first kappa shape index (κ1) is 10.1. The van der Waals surface area contributed by atoms with Gasteiger partial charge in [-0.3, -0.25) is 9.58 Å². The van der Waals surface area contributed by atoms with E-state index in [9.17, 15) is 0 Å². The van der Waals surface area contributed by atoms with Gasteiger partial charge in [-0.1, -0.05) is 19.3 Å². The summed E-state index contributed by atoms with van der Waals surface area (Å²) >= 11 is 0. The summed E-state index contributed by atoms with van der Waals surface area (Å²) in [7, 11) is 2.14. The average molecular weight is 220 g/mol. The molecule has 4 heteroatoms. The molecule has 4 nitrogen and oxygen atoms in total. The van der Waals surface area contributed by atoms with Crippen molar-refractivity contribution in [2.24, 2.45) is 0 Å². The van der Waals surface area contributed by atoms with E-state index < -0.39 is 0 Å². The van der Waals surface area contributed by atoms with E-state index in [0.717, 1.165) is 18.9 Å². The molecule has 0 radical (unpaired) electrons. The molecule has 0 atom stereocenters. The molecular formula is C12H20N4. The highest BCUT2D eigenvalue weighted by Crippen LogP contribution is 2.34. The Labute approximate surface area is 96.4 Å².